The standard InChI is InChI=1S/C27H26O3/c1-2-3-15-30-19-13-11-17(12-14-19)25-24-18(7-6-10-23(24)28)16-22-20-8-4-5-9-21(20)27(29)26(22)25/h4-5,8-9,11-14,25H,2-3,6-7,10,15-16H2,1H3. The fourth-order valence-electron chi connectivity index (χ4n) is 5.13. The first kappa shape index (κ1) is 19.0. The monoisotopic (exact) mass is 398 g/mol. The molecule has 3 aliphatic rings. The highest BCUT2D eigenvalue weighted by molar-refractivity contribution is 6.23. The molecule has 152 valence electrons. The zero-order valence-electron chi connectivity index (χ0n) is 17.4. The summed E-state index contributed by atoms with van der Waals surface area (Å²) in [7, 11) is 0. The number of ketones is 2. The van der Waals surface area contributed by atoms with Gasteiger partial charge in [0.05, 0.1) is 6.61 Å². The molecule has 0 heterocycles. The van der Waals surface area contributed by atoms with E-state index in [1.807, 2.05) is 48.5 Å². The van der Waals surface area contributed by atoms with Crippen molar-refractivity contribution in [2.24, 2.45) is 0 Å². The first-order valence-corrected chi connectivity index (χ1v) is 11.0. The van der Waals surface area contributed by atoms with Gasteiger partial charge in [0.15, 0.2) is 11.6 Å². The van der Waals surface area contributed by atoms with Crippen LogP contribution in [0.15, 0.2) is 65.3 Å². The van der Waals surface area contributed by atoms with E-state index in [2.05, 4.69) is 6.92 Å². The van der Waals surface area contributed by atoms with Crippen molar-refractivity contribution in [2.75, 3.05) is 6.61 Å². The van der Waals surface area contributed by atoms with Crippen LogP contribution < -0.4 is 4.74 Å². The number of hydrogen-bond donors (Lipinski definition) is 0. The third kappa shape index (κ3) is 3.04. The molecule has 1 unspecified atom stereocenters. The van der Waals surface area contributed by atoms with E-state index in [9.17, 15) is 9.59 Å². The van der Waals surface area contributed by atoms with E-state index in [1.54, 1.807) is 0 Å². The fourth-order valence-corrected chi connectivity index (χ4v) is 5.13. The van der Waals surface area contributed by atoms with Crippen molar-refractivity contribution in [1.29, 1.82) is 0 Å². The van der Waals surface area contributed by atoms with E-state index in [4.69, 9.17) is 4.74 Å². The molecule has 0 saturated carbocycles. The fraction of sp³-hybridized carbons (Fsp3) is 0.333. The Kier molecular flexibility index (Phi) is 4.90. The van der Waals surface area contributed by atoms with E-state index in [-0.39, 0.29) is 17.5 Å². The summed E-state index contributed by atoms with van der Waals surface area (Å²) >= 11 is 0. The highest BCUT2D eigenvalue weighted by Gasteiger charge is 2.43. The summed E-state index contributed by atoms with van der Waals surface area (Å²) in [6.45, 7) is 2.85. The van der Waals surface area contributed by atoms with E-state index >= 15 is 0 Å². The molecule has 0 aliphatic heterocycles. The lowest BCUT2D eigenvalue weighted by Crippen LogP contribution is -2.25. The molecular formula is C27H26O3. The summed E-state index contributed by atoms with van der Waals surface area (Å²) in [4.78, 5) is 26.4. The summed E-state index contributed by atoms with van der Waals surface area (Å²) in [5, 5.41) is 0. The van der Waals surface area contributed by atoms with Crippen molar-refractivity contribution in [3.05, 3.63) is 81.9 Å². The molecule has 0 saturated heterocycles. The molecule has 0 radical (unpaired) electrons. The van der Waals surface area contributed by atoms with Crippen LogP contribution in [-0.4, -0.2) is 18.2 Å². The molecule has 1 atom stereocenters. The van der Waals surface area contributed by atoms with Crippen LogP contribution in [0.3, 0.4) is 0 Å². The first-order valence-electron chi connectivity index (χ1n) is 11.0. The molecule has 3 aliphatic carbocycles. The molecule has 3 heteroatoms. The number of hydrogen-bond acceptors (Lipinski definition) is 3. The first-order chi connectivity index (χ1) is 14.7. The minimum Gasteiger partial charge on any atom is -0.494 e. The van der Waals surface area contributed by atoms with Gasteiger partial charge in [-0.15, -0.1) is 0 Å². The van der Waals surface area contributed by atoms with Gasteiger partial charge < -0.3 is 4.74 Å². The van der Waals surface area contributed by atoms with Crippen LogP contribution in [0.1, 0.15) is 72.9 Å². The maximum atomic E-state index is 13.4. The Hall–Kier alpha value is -2.94. The molecule has 5 rings (SSSR count). The highest BCUT2D eigenvalue weighted by Crippen LogP contribution is 2.52. The largest absolute Gasteiger partial charge is 0.494 e. The lowest BCUT2D eigenvalue weighted by Gasteiger charge is -2.32. The maximum absolute atomic E-state index is 13.4. The van der Waals surface area contributed by atoms with Crippen LogP contribution >= 0.6 is 0 Å². The van der Waals surface area contributed by atoms with Crippen LogP contribution in [0.2, 0.25) is 0 Å². The number of Topliss-reactive ketones (excluding diaryl/α,β-unsaturated/α-hetero) is 2. The average Bonchev–Trinajstić information content (AvgIpc) is 3.06. The van der Waals surface area contributed by atoms with Gasteiger partial charge in [0.1, 0.15) is 5.75 Å². The number of carbonyl (C=O) groups excluding carboxylic acids is 2. The molecule has 30 heavy (non-hydrogen) atoms. The molecule has 2 aromatic rings. The van der Waals surface area contributed by atoms with Crippen LogP contribution in [0.5, 0.6) is 5.75 Å². The Morgan fingerprint density at radius 3 is 2.47 bits per heavy atom. The van der Waals surface area contributed by atoms with Gasteiger partial charge >= 0.3 is 0 Å². The van der Waals surface area contributed by atoms with Gasteiger partial charge in [0.25, 0.3) is 0 Å². The molecule has 3 nitrogen and oxygen atoms in total. The van der Waals surface area contributed by atoms with E-state index in [1.165, 1.54) is 5.57 Å². The Morgan fingerprint density at radius 1 is 0.933 bits per heavy atom. The summed E-state index contributed by atoms with van der Waals surface area (Å²) in [5.74, 6) is 0.863. The van der Waals surface area contributed by atoms with Gasteiger partial charge in [0.2, 0.25) is 0 Å². The van der Waals surface area contributed by atoms with Crippen LogP contribution in [0, 0.1) is 0 Å². The second-order valence-corrected chi connectivity index (χ2v) is 8.44. The molecule has 0 amide bonds. The zero-order chi connectivity index (χ0) is 20.7. The van der Waals surface area contributed by atoms with Gasteiger partial charge in [-0.05, 0) is 54.5 Å². The lowest BCUT2D eigenvalue weighted by molar-refractivity contribution is -0.116. The topological polar surface area (TPSA) is 43.4 Å². The number of ether oxygens (including phenoxy) is 1. The third-order valence-corrected chi connectivity index (χ3v) is 6.58. The Labute approximate surface area is 177 Å². The van der Waals surface area contributed by atoms with Gasteiger partial charge in [0, 0.05) is 29.0 Å². The van der Waals surface area contributed by atoms with Crippen molar-refractivity contribution >= 4 is 17.1 Å². The smallest absolute Gasteiger partial charge is 0.190 e. The SMILES string of the molecule is CCCCOc1ccc(C2C3=C(CCCC3=O)CC3=C2C(=O)c2ccccc23)cc1. The Morgan fingerprint density at radius 2 is 1.70 bits per heavy atom. The predicted octanol–water partition coefficient (Wildman–Crippen LogP) is 6.05. The van der Waals surface area contributed by atoms with Crippen molar-refractivity contribution in [3.63, 3.8) is 0 Å². The Balaban J connectivity index is 1.58. The van der Waals surface area contributed by atoms with Crippen LogP contribution in [0.4, 0.5) is 0 Å². The third-order valence-electron chi connectivity index (χ3n) is 6.58. The van der Waals surface area contributed by atoms with Gasteiger partial charge in [-0.2, -0.15) is 0 Å². The van der Waals surface area contributed by atoms with Crippen LogP contribution in [0.25, 0.3) is 5.57 Å². The van der Waals surface area contributed by atoms with Crippen LogP contribution in [-0.2, 0) is 4.79 Å². The number of carbonyl (C=O) groups is 2. The molecule has 2 aromatic carbocycles. The number of allylic oxidation sites excluding steroid dienone is 4. The summed E-state index contributed by atoms with van der Waals surface area (Å²) in [6.07, 6.45) is 5.29. The van der Waals surface area contributed by atoms with Crippen molar-refractivity contribution in [3.8, 4) is 5.75 Å². The summed E-state index contributed by atoms with van der Waals surface area (Å²) in [6, 6.07) is 15.9. The van der Waals surface area contributed by atoms with E-state index in [0.29, 0.717) is 13.0 Å². The molecule has 0 aromatic heterocycles. The summed E-state index contributed by atoms with van der Waals surface area (Å²) < 4.78 is 5.82. The van der Waals surface area contributed by atoms with Crippen molar-refractivity contribution in [2.45, 2.75) is 51.4 Å². The molecular weight excluding hydrogens is 372 g/mol. The molecule has 0 spiro atoms. The lowest BCUT2D eigenvalue weighted by atomic mass is 9.69. The molecule has 0 bridgehead atoms. The quantitative estimate of drug-likeness (QED) is 0.576. The second kappa shape index (κ2) is 7.71. The number of benzene rings is 2. The van der Waals surface area contributed by atoms with Gasteiger partial charge in [-0.3, -0.25) is 9.59 Å². The number of rotatable bonds is 5. The van der Waals surface area contributed by atoms with Gasteiger partial charge in [-0.1, -0.05) is 55.3 Å². The molecule has 0 N–H and O–H groups in total. The summed E-state index contributed by atoms with van der Waals surface area (Å²) in [5.41, 5.74) is 6.87. The predicted molar refractivity (Wildman–Crippen MR) is 118 cm³/mol. The minimum absolute atomic E-state index is 0.0822. The number of fused-ring (bicyclic) bond motifs is 2. The second-order valence-electron chi connectivity index (χ2n) is 8.44. The van der Waals surface area contributed by atoms with E-state index < -0.39 is 0 Å². The van der Waals surface area contributed by atoms with E-state index in [0.717, 1.165) is 71.3 Å². The zero-order valence-corrected chi connectivity index (χ0v) is 17.4. The van der Waals surface area contributed by atoms with Gasteiger partial charge in [-0.25, -0.2) is 0 Å². The Bertz CT molecular complexity index is 1090. The van der Waals surface area contributed by atoms with Crippen molar-refractivity contribution < 1.29 is 14.3 Å². The van der Waals surface area contributed by atoms with Crippen molar-refractivity contribution in [1.82, 2.24) is 0 Å². The maximum Gasteiger partial charge on any atom is 0.190 e. The number of unbranched alkanes of at least 4 members (excludes halogenated alkanes) is 1. The minimum atomic E-state index is -0.263. The molecule has 0 fully saturated rings. The normalized spacial score (nSPS) is 20.2. The average molecular weight is 399 g/mol. The highest BCUT2D eigenvalue weighted by atomic mass is 16.5.